The van der Waals surface area contributed by atoms with E-state index in [-0.39, 0.29) is 53.9 Å². The van der Waals surface area contributed by atoms with E-state index in [4.69, 9.17) is 42.3 Å². The van der Waals surface area contributed by atoms with E-state index in [9.17, 15) is 0 Å². The standard InChI is InChI=1S/C49H76O9Si/c1-45(2,3)59(12,13)50-25-24-36-26-37(52-46(4,5)51-36)27-38-28-39(54-47(6,7)53-38)29-40-30-41(56-48(8,9)55-40)31-42-32-43(58-49(10,11)57-42)33-44(34-20-16-14-17-21-34)35-22-18-15-19-23-35/h14-23,33,36-43H,24-32H2,1-13H3/t36-,37-,38-,39+,40-,41-,42+,43+/m0/s1. The van der Waals surface area contributed by atoms with Crippen molar-refractivity contribution in [2.45, 2.75) is 218 Å². The van der Waals surface area contributed by atoms with Crippen LogP contribution < -0.4 is 0 Å². The molecule has 0 N–H and O–H groups in total. The van der Waals surface area contributed by atoms with Crippen LogP contribution in [-0.2, 0) is 42.3 Å². The van der Waals surface area contributed by atoms with Gasteiger partial charge in [0.1, 0.15) is 0 Å². The van der Waals surface area contributed by atoms with E-state index in [1.165, 1.54) is 0 Å². The van der Waals surface area contributed by atoms with Gasteiger partial charge in [-0.25, -0.2) is 0 Å². The highest BCUT2D eigenvalue weighted by Gasteiger charge is 2.45. The Bertz CT molecular complexity index is 1630. The first-order valence-corrected chi connectivity index (χ1v) is 25.2. The Morgan fingerprint density at radius 1 is 0.542 bits per heavy atom. The fraction of sp³-hybridized carbons (Fsp3) is 0.714. The molecular formula is C49H76O9Si. The van der Waals surface area contributed by atoms with Crippen LogP contribution >= 0.6 is 0 Å². The summed E-state index contributed by atoms with van der Waals surface area (Å²) in [6.45, 7) is 28.3. The third-order valence-electron chi connectivity index (χ3n) is 12.5. The summed E-state index contributed by atoms with van der Waals surface area (Å²) in [4.78, 5) is 0. The quantitative estimate of drug-likeness (QED) is 0.183. The van der Waals surface area contributed by atoms with E-state index >= 15 is 0 Å². The molecule has 330 valence electrons. The molecule has 0 aromatic heterocycles. The van der Waals surface area contributed by atoms with E-state index in [1.54, 1.807) is 0 Å². The van der Waals surface area contributed by atoms with Gasteiger partial charge in [0.2, 0.25) is 0 Å². The SMILES string of the molecule is CC1(C)O[C@@H](C[C@@H]2C[C@H](CCO[Si](C)(C)C(C)(C)C)OC(C)(C)O2)C[C@H](C[C@H]2C[C@@H](C[C@@H]3C[C@H](C=C(c4ccccc4)c4ccccc4)OC(C)(C)O3)OC(C)(C)O2)O1. The molecule has 0 amide bonds. The molecule has 59 heavy (non-hydrogen) atoms. The first kappa shape index (κ1) is 46.5. The Kier molecular flexibility index (Phi) is 14.5. The van der Waals surface area contributed by atoms with E-state index in [2.05, 4.69) is 101 Å². The lowest BCUT2D eigenvalue weighted by Crippen LogP contribution is -2.52. The molecule has 0 saturated carbocycles. The molecule has 0 aliphatic carbocycles. The summed E-state index contributed by atoms with van der Waals surface area (Å²) >= 11 is 0. The highest BCUT2D eigenvalue weighted by Crippen LogP contribution is 2.41. The van der Waals surface area contributed by atoms with E-state index in [1.807, 2.05) is 55.4 Å². The van der Waals surface area contributed by atoms with Crippen LogP contribution in [0.1, 0.15) is 139 Å². The van der Waals surface area contributed by atoms with Gasteiger partial charge in [-0.3, -0.25) is 0 Å². The van der Waals surface area contributed by atoms with Crippen molar-refractivity contribution >= 4 is 13.9 Å². The van der Waals surface area contributed by atoms with Gasteiger partial charge in [-0.05, 0) is 103 Å². The molecular weight excluding hydrogens is 761 g/mol. The zero-order valence-electron chi connectivity index (χ0n) is 38.5. The summed E-state index contributed by atoms with van der Waals surface area (Å²) in [6.07, 6.45) is 8.23. The van der Waals surface area contributed by atoms with Crippen LogP contribution in [0.2, 0.25) is 18.1 Å². The van der Waals surface area contributed by atoms with Gasteiger partial charge in [0.25, 0.3) is 0 Å². The van der Waals surface area contributed by atoms with Crippen molar-refractivity contribution in [3.8, 4) is 0 Å². The van der Waals surface area contributed by atoms with E-state index < -0.39 is 31.5 Å². The van der Waals surface area contributed by atoms with Gasteiger partial charge in [0, 0.05) is 51.6 Å². The van der Waals surface area contributed by atoms with Gasteiger partial charge in [-0.1, -0.05) is 81.4 Å². The monoisotopic (exact) mass is 837 g/mol. The van der Waals surface area contributed by atoms with Gasteiger partial charge in [-0.2, -0.15) is 0 Å². The summed E-state index contributed by atoms with van der Waals surface area (Å²) in [5, 5.41) is 0.176. The summed E-state index contributed by atoms with van der Waals surface area (Å²) in [7, 11) is -1.83. The van der Waals surface area contributed by atoms with Crippen LogP contribution in [0, 0.1) is 0 Å². The lowest BCUT2D eigenvalue weighted by atomic mass is 9.91. The first-order valence-electron chi connectivity index (χ1n) is 22.3. The molecule has 6 rings (SSSR count). The van der Waals surface area contributed by atoms with Crippen LogP contribution in [0.4, 0.5) is 0 Å². The highest BCUT2D eigenvalue weighted by molar-refractivity contribution is 6.74. The molecule has 8 atom stereocenters. The largest absolute Gasteiger partial charge is 0.417 e. The Balaban J connectivity index is 1.08. The molecule has 10 heteroatoms. The average Bonchev–Trinajstić information content (AvgIpc) is 3.08. The molecule has 4 saturated heterocycles. The van der Waals surface area contributed by atoms with E-state index in [0.29, 0.717) is 6.61 Å². The Labute approximate surface area is 357 Å². The maximum Gasteiger partial charge on any atom is 0.191 e. The maximum atomic E-state index is 6.62. The van der Waals surface area contributed by atoms with Gasteiger partial charge >= 0.3 is 0 Å². The van der Waals surface area contributed by atoms with Gasteiger partial charge in [0.15, 0.2) is 31.5 Å². The number of benzene rings is 2. The molecule has 4 aliphatic rings. The molecule has 0 unspecified atom stereocenters. The third-order valence-corrected chi connectivity index (χ3v) is 17.0. The smallest absolute Gasteiger partial charge is 0.191 e. The molecule has 2 aromatic rings. The topological polar surface area (TPSA) is 83.1 Å². The second-order valence-electron chi connectivity index (χ2n) is 20.8. The Hall–Kier alpha value is -1.96. The normalized spacial score (nSPS) is 31.9. The zero-order valence-corrected chi connectivity index (χ0v) is 39.5. The second kappa shape index (κ2) is 18.4. The maximum absolute atomic E-state index is 6.62. The lowest BCUT2D eigenvalue weighted by Gasteiger charge is -2.47. The Morgan fingerprint density at radius 2 is 0.881 bits per heavy atom. The van der Waals surface area contributed by atoms with Crippen molar-refractivity contribution in [3.05, 3.63) is 77.9 Å². The van der Waals surface area contributed by atoms with Crippen molar-refractivity contribution in [2.24, 2.45) is 0 Å². The Morgan fingerprint density at radius 3 is 1.27 bits per heavy atom. The molecule has 4 aliphatic heterocycles. The predicted molar refractivity (Wildman–Crippen MR) is 235 cm³/mol. The third kappa shape index (κ3) is 13.5. The number of hydrogen-bond donors (Lipinski definition) is 0. The van der Waals surface area contributed by atoms with Gasteiger partial charge in [-0.15, -0.1) is 0 Å². The van der Waals surface area contributed by atoms with Gasteiger partial charge in [0.05, 0.1) is 48.8 Å². The fourth-order valence-electron chi connectivity index (χ4n) is 9.28. The lowest BCUT2D eigenvalue weighted by molar-refractivity contribution is -0.338. The molecule has 2 aromatic carbocycles. The van der Waals surface area contributed by atoms with Crippen molar-refractivity contribution < 1.29 is 42.3 Å². The molecule has 0 radical (unpaired) electrons. The van der Waals surface area contributed by atoms with Crippen molar-refractivity contribution in [1.29, 1.82) is 0 Å². The molecule has 4 heterocycles. The first-order chi connectivity index (χ1) is 27.4. The van der Waals surface area contributed by atoms with Crippen LogP contribution in [0.3, 0.4) is 0 Å². The summed E-state index contributed by atoms with van der Waals surface area (Å²) < 4.78 is 59.0. The minimum atomic E-state index is -1.83. The second-order valence-corrected chi connectivity index (χ2v) is 25.6. The number of rotatable bonds is 13. The predicted octanol–water partition coefficient (Wildman–Crippen LogP) is 11.3. The van der Waals surface area contributed by atoms with Gasteiger partial charge < -0.3 is 42.3 Å². The van der Waals surface area contributed by atoms with Crippen LogP contribution in [0.5, 0.6) is 0 Å². The van der Waals surface area contributed by atoms with Crippen LogP contribution in [0.15, 0.2) is 66.7 Å². The van der Waals surface area contributed by atoms with Crippen LogP contribution in [-0.4, -0.2) is 86.9 Å². The average molecular weight is 837 g/mol. The van der Waals surface area contributed by atoms with Crippen molar-refractivity contribution in [2.75, 3.05) is 6.61 Å². The summed E-state index contributed by atoms with van der Waals surface area (Å²) in [6, 6.07) is 21.1. The number of hydrogen-bond acceptors (Lipinski definition) is 9. The molecule has 0 bridgehead atoms. The van der Waals surface area contributed by atoms with E-state index in [0.717, 1.165) is 68.1 Å². The minimum absolute atomic E-state index is 0.0117. The molecule has 4 fully saturated rings. The number of ether oxygens (including phenoxy) is 8. The molecule has 0 spiro atoms. The fourth-order valence-corrected chi connectivity index (χ4v) is 10.3. The summed E-state index contributed by atoms with van der Waals surface area (Å²) in [5.74, 6) is -2.90. The van der Waals surface area contributed by atoms with Crippen molar-refractivity contribution in [3.63, 3.8) is 0 Å². The minimum Gasteiger partial charge on any atom is -0.417 e. The zero-order chi connectivity index (χ0) is 42.9. The summed E-state index contributed by atoms with van der Waals surface area (Å²) in [5.41, 5.74) is 3.49. The van der Waals surface area contributed by atoms with Crippen LogP contribution in [0.25, 0.3) is 5.57 Å². The highest BCUT2D eigenvalue weighted by atomic mass is 28.4. The van der Waals surface area contributed by atoms with Crippen molar-refractivity contribution in [1.82, 2.24) is 0 Å². The molecule has 9 nitrogen and oxygen atoms in total.